The van der Waals surface area contributed by atoms with E-state index in [1.54, 1.807) is 13.8 Å². The molecule has 0 heterocycles. The highest BCUT2D eigenvalue weighted by Gasteiger charge is 2.76. The summed E-state index contributed by atoms with van der Waals surface area (Å²) in [6.45, 7) is 3.24. The summed E-state index contributed by atoms with van der Waals surface area (Å²) in [5.74, 6) is -3.91. The molecule has 12 heteroatoms. The minimum Gasteiger partial charge on any atom is -0.429 e. The first kappa shape index (κ1) is 30.0. The zero-order valence-corrected chi connectivity index (χ0v) is 23.4. The molecule has 0 spiro atoms. The number of para-hydroxylation sites is 1. The zero-order valence-electron chi connectivity index (χ0n) is 23.4. The van der Waals surface area contributed by atoms with Crippen LogP contribution in [0, 0.1) is 38.7 Å². The Morgan fingerprint density at radius 3 is 2.55 bits per heavy atom. The zero-order chi connectivity index (χ0) is 30.8. The molecule has 0 bridgehead atoms. The molecule has 226 valence electrons. The summed E-state index contributed by atoms with van der Waals surface area (Å²) in [7, 11) is 0. The van der Waals surface area contributed by atoms with Gasteiger partial charge in [0.1, 0.15) is 18.4 Å². The number of carbonyl (C=O) groups excluding carboxylic acids is 3. The van der Waals surface area contributed by atoms with E-state index in [1.165, 1.54) is 43.3 Å². The third kappa shape index (κ3) is 4.05. The molecule has 0 radical (unpaired) electrons. The van der Waals surface area contributed by atoms with E-state index in [0.717, 1.165) is 6.08 Å². The number of hydrogen-bond acceptors (Lipinski definition) is 9. The fourth-order valence-electron chi connectivity index (χ4n) is 8.36. The third-order valence-corrected chi connectivity index (χ3v) is 10.5. The number of rotatable bonds is 6. The Bertz CT molecular complexity index is 1410. The van der Waals surface area contributed by atoms with Crippen LogP contribution in [0.5, 0.6) is 0 Å². The monoisotopic (exact) mass is 589 g/mol. The number of Topliss-reactive ketones (excluding diaryl/α,β-unsaturated/α-hetero) is 1. The van der Waals surface area contributed by atoms with Gasteiger partial charge in [0.05, 0.1) is 16.6 Å². The largest absolute Gasteiger partial charge is 0.509 e. The fraction of sp³-hybridized carbons (Fsp3) is 0.567. The molecule has 2 N–H and O–H groups in total. The number of aliphatic hydroxyl groups is 2. The Balaban J connectivity index is 1.35. The number of nitrogens with zero attached hydrogens (tertiary/aromatic N) is 1. The Morgan fingerprint density at radius 2 is 1.86 bits per heavy atom. The molecule has 4 aliphatic rings. The predicted octanol–water partition coefficient (Wildman–Crippen LogP) is 4.11. The maximum atomic E-state index is 17.3. The molecule has 10 nitrogen and oxygen atoms in total. The van der Waals surface area contributed by atoms with Crippen molar-refractivity contribution in [1.82, 2.24) is 0 Å². The molecule has 5 rings (SSSR count). The standard InChI is InChI=1S/C30H33F2NO9/c1-16-10-19-20-12-22(31)21-11-18(34)8-9-27(21,2)29(20,32)24(35)13-28(19,3)30(16,38)25(36)15-42-26(37)41-14-17-6-4-5-7-23(17)33(39)40/h4-9,11,16,19-20,22,24,35,38H,10,12-15H2,1-3H3/t16?,19-,20-,22?,24?,27-,28-,29-,30-/m0/s1. The lowest BCUT2D eigenvalue weighted by atomic mass is 9.44. The van der Waals surface area contributed by atoms with Crippen molar-refractivity contribution < 1.29 is 47.8 Å². The molecule has 3 fully saturated rings. The number of aliphatic hydroxyl groups excluding tert-OH is 1. The summed E-state index contributed by atoms with van der Waals surface area (Å²) in [5.41, 5.74) is -7.69. The summed E-state index contributed by atoms with van der Waals surface area (Å²) in [4.78, 5) is 48.3. The lowest BCUT2D eigenvalue weighted by molar-refractivity contribution is -0.385. The normalized spacial score (nSPS) is 40.3. The van der Waals surface area contributed by atoms with Gasteiger partial charge in [-0.05, 0) is 61.8 Å². The third-order valence-electron chi connectivity index (χ3n) is 10.5. The van der Waals surface area contributed by atoms with E-state index in [2.05, 4.69) is 0 Å². The maximum absolute atomic E-state index is 17.3. The maximum Gasteiger partial charge on any atom is 0.509 e. The second-order valence-corrected chi connectivity index (χ2v) is 12.4. The lowest BCUT2D eigenvalue weighted by Crippen LogP contribution is -2.70. The van der Waals surface area contributed by atoms with Crippen LogP contribution in [0.1, 0.15) is 45.6 Å². The summed E-state index contributed by atoms with van der Waals surface area (Å²) in [6, 6.07) is 5.62. The van der Waals surface area contributed by atoms with Crippen molar-refractivity contribution >= 4 is 23.4 Å². The number of halogens is 2. The first-order valence-electron chi connectivity index (χ1n) is 13.8. The van der Waals surface area contributed by atoms with Gasteiger partial charge in [0, 0.05) is 22.8 Å². The average Bonchev–Trinajstić information content (AvgIpc) is 3.14. The van der Waals surface area contributed by atoms with Gasteiger partial charge in [-0.15, -0.1) is 0 Å². The first-order chi connectivity index (χ1) is 19.6. The number of nitro benzene ring substituents is 1. The molecule has 0 aromatic heterocycles. The van der Waals surface area contributed by atoms with Gasteiger partial charge in [-0.1, -0.05) is 32.1 Å². The number of nitro groups is 1. The number of fused-ring (bicyclic) bond motifs is 5. The number of benzene rings is 1. The first-order valence-corrected chi connectivity index (χ1v) is 13.8. The minimum absolute atomic E-state index is 0.0264. The van der Waals surface area contributed by atoms with Gasteiger partial charge in [0.15, 0.2) is 18.1 Å². The van der Waals surface area contributed by atoms with Crippen LogP contribution in [0.25, 0.3) is 0 Å². The van der Waals surface area contributed by atoms with Gasteiger partial charge in [-0.2, -0.15) is 0 Å². The highest BCUT2D eigenvalue weighted by molar-refractivity contribution is 6.01. The van der Waals surface area contributed by atoms with Crippen molar-refractivity contribution in [2.45, 2.75) is 70.2 Å². The van der Waals surface area contributed by atoms with Crippen molar-refractivity contribution in [3.8, 4) is 0 Å². The van der Waals surface area contributed by atoms with E-state index in [0.29, 0.717) is 0 Å². The topological polar surface area (TPSA) is 153 Å². The van der Waals surface area contributed by atoms with Crippen LogP contribution < -0.4 is 0 Å². The highest BCUT2D eigenvalue weighted by Crippen LogP contribution is 2.71. The summed E-state index contributed by atoms with van der Waals surface area (Å²) in [6.07, 6.45) is -1.60. The highest BCUT2D eigenvalue weighted by atomic mass is 19.1. The van der Waals surface area contributed by atoms with Crippen molar-refractivity contribution in [1.29, 1.82) is 0 Å². The molecule has 0 amide bonds. The van der Waals surface area contributed by atoms with Crippen LogP contribution in [0.4, 0.5) is 19.3 Å². The van der Waals surface area contributed by atoms with Gasteiger partial charge in [0.25, 0.3) is 5.69 Å². The molecule has 9 atom stereocenters. The Kier molecular flexibility index (Phi) is 7.17. The minimum atomic E-state index is -2.36. The Hall–Kier alpha value is -3.51. The molecule has 3 unspecified atom stereocenters. The van der Waals surface area contributed by atoms with Gasteiger partial charge >= 0.3 is 6.16 Å². The number of ketones is 2. The van der Waals surface area contributed by atoms with Crippen LogP contribution >= 0.6 is 0 Å². The summed E-state index contributed by atoms with van der Waals surface area (Å²) < 4.78 is 42.7. The molecular formula is C30H33F2NO9. The molecule has 1 aromatic carbocycles. The quantitative estimate of drug-likeness (QED) is 0.283. The van der Waals surface area contributed by atoms with Crippen molar-refractivity contribution in [2.24, 2.45) is 28.6 Å². The van der Waals surface area contributed by atoms with Gasteiger partial charge in [-0.3, -0.25) is 19.7 Å². The number of alkyl halides is 2. The van der Waals surface area contributed by atoms with Crippen LogP contribution in [-0.2, 0) is 25.7 Å². The van der Waals surface area contributed by atoms with Crippen molar-refractivity contribution in [2.75, 3.05) is 6.61 Å². The van der Waals surface area contributed by atoms with Gasteiger partial charge in [0.2, 0.25) is 5.78 Å². The van der Waals surface area contributed by atoms with E-state index < -0.39 is 88.0 Å². The van der Waals surface area contributed by atoms with E-state index >= 15 is 8.78 Å². The van der Waals surface area contributed by atoms with Crippen LogP contribution in [-0.4, -0.2) is 63.0 Å². The molecule has 0 aliphatic heterocycles. The van der Waals surface area contributed by atoms with E-state index in [1.807, 2.05) is 0 Å². The molecule has 0 saturated heterocycles. The van der Waals surface area contributed by atoms with Crippen LogP contribution in [0.3, 0.4) is 0 Å². The van der Waals surface area contributed by atoms with E-state index in [9.17, 15) is 34.7 Å². The van der Waals surface area contributed by atoms with E-state index in [4.69, 9.17) is 9.47 Å². The molecule has 3 saturated carbocycles. The number of ether oxygens (including phenoxy) is 2. The Morgan fingerprint density at radius 1 is 1.17 bits per heavy atom. The number of allylic oxidation sites excluding steroid dienone is 4. The van der Waals surface area contributed by atoms with Gasteiger partial charge in [-0.25, -0.2) is 13.6 Å². The second kappa shape index (κ2) is 10.0. The summed E-state index contributed by atoms with van der Waals surface area (Å²) >= 11 is 0. The SMILES string of the molecule is CC1C[C@H]2[C@@H]3CC(F)C4=CC(=O)C=C[C@]4(C)[C@@]3(F)C(O)C[C@]2(C)[C@@]1(O)C(=O)COC(=O)OCc1ccccc1[N+](=O)[O-]. The second-order valence-electron chi connectivity index (χ2n) is 12.4. The van der Waals surface area contributed by atoms with Gasteiger partial charge < -0.3 is 19.7 Å². The molecule has 1 aromatic rings. The van der Waals surface area contributed by atoms with Crippen molar-refractivity contribution in [3.05, 3.63) is 63.7 Å². The number of hydrogen-bond donors (Lipinski definition) is 2. The number of carbonyl (C=O) groups is 3. The van der Waals surface area contributed by atoms with Crippen molar-refractivity contribution in [3.63, 3.8) is 0 Å². The van der Waals surface area contributed by atoms with Crippen LogP contribution in [0.2, 0.25) is 0 Å². The lowest BCUT2D eigenvalue weighted by Gasteiger charge is -2.63. The smallest absolute Gasteiger partial charge is 0.429 e. The molecular weight excluding hydrogens is 556 g/mol. The average molecular weight is 590 g/mol. The predicted molar refractivity (Wildman–Crippen MR) is 142 cm³/mol. The fourth-order valence-corrected chi connectivity index (χ4v) is 8.36. The Labute approximate surface area is 240 Å². The molecule has 4 aliphatic carbocycles. The summed E-state index contributed by atoms with van der Waals surface area (Å²) in [5, 5.41) is 34.5. The molecule has 42 heavy (non-hydrogen) atoms. The van der Waals surface area contributed by atoms with Crippen LogP contribution in [0.15, 0.2) is 48.1 Å². The van der Waals surface area contributed by atoms with E-state index in [-0.39, 0.29) is 36.1 Å².